The van der Waals surface area contributed by atoms with Crippen LogP contribution in [0.2, 0.25) is 0 Å². The van der Waals surface area contributed by atoms with Gasteiger partial charge in [-0.25, -0.2) is 5.48 Å². The Morgan fingerprint density at radius 2 is 1.87 bits per heavy atom. The molecule has 1 atom stereocenters. The highest BCUT2D eigenvalue weighted by Gasteiger charge is 2.19. The molecule has 4 nitrogen and oxygen atoms in total. The summed E-state index contributed by atoms with van der Waals surface area (Å²) in [5.74, 6) is -0.316. The number of hydroxylamine groups is 1. The van der Waals surface area contributed by atoms with E-state index in [0.29, 0.717) is 0 Å². The zero-order valence-electron chi connectivity index (χ0n) is 9.11. The van der Waals surface area contributed by atoms with Gasteiger partial charge in [-0.2, -0.15) is 0 Å². The molecule has 0 fully saturated rings. The van der Waals surface area contributed by atoms with Crippen molar-refractivity contribution >= 4 is 5.91 Å². The summed E-state index contributed by atoms with van der Waals surface area (Å²) in [6.07, 6.45) is -0.634. The minimum absolute atomic E-state index is 0.316. The number of carbonyl (C=O) groups excluding carboxylic acids is 1. The van der Waals surface area contributed by atoms with E-state index in [1.54, 1.807) is 0 Å². The maximum absolute atomic E-state index is 11.5. The van der Waals surface area contributed by atoms with Crippen LogP contribution >= 0.6 is 0 Å². The number of carbonyl (C=O) groups is 1. The van der Waals surface area contributed by atoms with Gasteiger partial charge in [-0.15, -0.1) is 0 Å². The highest BCUT2D eigenvalue weighted by Crippen LogP contribution is 2.17. The van der Waals surface area contributed by atoms with Crippen molar-refractivity contribution < 1.29 is 14.4 Å². The third kappa shape index (κ3) is 3.04. The second kappa shape index (κ2) is 5.48. The first-order chi connectivity index (χ1) is 7.19. The van der Waals surface area contributed by atoms with Crippen molar-refractivity contribution in [3.8, 4) is 0 Å². The fourth-order valence-electron chi connectivity index (χ4n) is 1.29. The molecule has 1 amide bonds. The van der Waals surface area contributed by atoms with Crippen LogP contribution in [-0.2, 0) is 14.4 Å². The molecule has 1 rings (SSSR count). The van der Waals surface area contributed by atoms with Gasteiger partial charge in [0.1, 0.15) is 0 Å². The lowest BCUT2D eigenvalue weighted by Gasteiger charge is -2.14. The lowest BCUT2D eigenvalue weighted by molar-refractivity contribution is -0.142. The summed E-state index contributed by atoms with van der Waals surface area (Å²) < 4.78 is 5.10. The molecule has 15 heavy (non-hydrogen) atoms. The van der Waals surface area contributed by atoms with Crippen LogP contribution in [0, 0.1) is 6.92 Å². The van der Waals surface area contributed by atoms with Crippen LogP contribution in [0.4, 0.5) is 0 Å². The van der Waals surface area contributed by atoms with Gasteiger partial charge in [0.25, 0.3) is 5.91 Å². The largest absolute Gasteiger partial charge is 0.367 e. The number of aryl methyl sites for hydroxylation is 1. The number of hydrogen-bond donors (Lipinski definition) is 1. The maximum atomic E-state index is 11.5. The quantitative estimate of drug-likeness (QED) is 0.762. The molecule has 0 radical (unpaired) electrons. The summed E-state index contributed by atoms with van der Waals surface area (Å²) >= 11 is 0. The van der Waals surface area contributed by atoms with E-state index < -0.39 is 6.10 Å². The van der Waals surface area contributed by atoms with E-state index in [0.717, 1.165) is 11.1 Å². The standard InChI is InChI=1S/C11H15NO3/c1-8-4-6-9(7-5-8)10(14-2)11(13)12-15-3/h4-7,10H,1-3H3,(H,12,13). The highest BCUT2D eigenvalue weighted by molar-refractivity contribution is 5.81. The topological polar surface area (TPSA) is 47.6 Å². The fourth-order valence-corrected chi connectivity index (χ4v) is 1.29. The first-order valence-electron chi connectivity index (χ1n) is 4.61. The summed E-state index contributed by atoms with van der Waals surface area (Å²) in [6.45, 7) is 1.99. The summed E-state index contributed by atoms with van der Waals surface area (Å²) in [6, 6.07) is 7.58. The van der Waals surface area contributed by atoms with Gasteiger partial charge in [-0.05, 0) is 12.5 Å². The van der Waals surface area contributed by atoms with Crippen LogP contribution in [0.5, 0.6) is 0 Å². The normalized spacial score (nSPS) is 12.2. The van der Waals surface area contributed by atoms with E-state index in [1.807, 2.05) is 31.2 Å². The van der Waals surface area contributed by atoms with E-state index >= 15 is 0 Å². The van der Waals surface area contributed by atoms with Crippen molar-refractivity contribution in [2.45, 2.75) is 13.0 Å². The van der Waals surface area contributed by atoms with Crippen molar-refractivity contribution in [2.24, 2.45) is 0 Å². The van der Waals surface area contributed by atoms with Crippen LogP contribution in [0.15, 0.2) is 24.3 Å². The van der Waals surface area contributed by atoms with E-state index in [1.165, 1.54) is 14.2 Å². The lowest BCUT2D eigenvalue weighted by atomic mass is 10.1. The highest BCUT2D eigenvalue weighted by atomic mass is 16.6. The summed E-state index contributed by atoms with van der Waals surface area (Å²) in [5.41, 5.74) is 4.19. The predicted molar refractivity (Wildman–Crippen MR) is 56.1 cm³/mol. The second-order valence-corrected chi connectivity index (χ2v) is 3.20. The van der Waals surface area contributed by atoms with Crippen LogP contribution in [-0.4, -0.2) is 20.1 Å². The third-order valence-corrected chi connectivity index (χ3v) is 2.06. The number of benzene rings is 1. The molecule has 1 N–H and O–H groups in total. The Labute approximate surface area is 89.1 Å². The Hall–Kier alpha value is -1.39. The average Bonchev–Trinajstić information content (AvgIpc) is 2.22. The average molecular weight is 209 g/mol. The fraction of sp³-hybridized carbons (Fsp3) is 0.364. The summed E-state index contributed by atoms with van der Waals surface area (Å²) in [5, 5.41) is 0. The van der Waals surface area contributed by atoms with Gasteiger partial charge < -0.3 is 4.74 Å². The smallest absolute Gasteiger partial charge is 0.277 e. The molecule has 0 spiro atoms. The van der Waals surface area contributed by atoms with Gasteiger partial charge in [0.2, 0.25) is 0 Å². The molecule has 0 aromatic heterocycles. The Bertz CT molecular complexity index is 321. The molecule has 0 saturated heterocycles. The summed E-state index contributed by atoms with van der Waals surface area (Å²) in [4.78, 5) is 16.1. The van der Waals surface area contributed by atoms with Crippen LogP contribution in [0.25, 0.3) is 0 Å². The molecule has 82 valence electrons. The van der Waals surface area contributed by atoms with E-state index in [2.05, 4.69) is 10.3 Å². The maximum Gasteiger partial charge on any atom is 0.277 e. The van der Waals surface area contributed by atoms with Crippen molar-refractivity contribution in [3.05, 3.63) is 35.4 Å². The minimum Gasteiger partial charge on any atom is -0.367 e. The number of hydrogen-bond acceptors (Lipinski definition) is 3. The molecular formula is C11H15NO3. The Kier molecular flexibility index (Phi) is 4.27. The van der Waals surface area contributed by atoms with E-state index in [9.17, 15) is 4.79 Å². The lowest BCUT2D eigenvalue weighted by Crippen LogP contribution is -2.29. The predicted octanol–water partition coefficient (Wildman–Crippen LogP) is 1.36. The number of nitrogens with one attached hydrogen (secondary N) is 1. The molecule has 4 heteroatoms. The van der Waals surface area contributed by atoms with Gasteiger partial charge in [0.05, 0.1) is 7.11 Å². The Morgan fingerprint density at radius 3 is 2.33 bits per heavy atom. The molecule has 1 aromatic rings. The van der Waals surface area contributed by atoms with Crippen LogP contribution < -0.4 is 5.48 Å². The first kappa shape index (κ1) is 11.7. The van der Waals surface area contributed by atoms with E-state index in [-0.39, 0.29) is 5.91 Å². The molecular weight excluding hydrogens is 194 g/mol. The molecule has 0 aliphatic rings. The Morgan fingerprint density at radius 1 is 1.27 bits per heavy atom. The molecule has 0 heterocycles. The van der Waals surface area contributed by atoms with Gasteiger partial charge in [0.15, 0.2) is 6.10 Å². The molecule has 0 aliphatic heterocycles. The third-order valence-electron chi connectivity index (χ3n) is 2.06. The SMILES string of the molecule is CONC(=O)C(OC)c1ccc(C)cc1. The van der Waals surface area contributed by atoms with Crippen LogP contribution in [0.3, 0.4) is 0 Å². The second-order valence-electron chi connectivity index (χ2n) is 3.20. The van der Waals surface area contributed by atoms with Crippen LogP contribution in [0.1, 0.15) is 17.2 Å². The van der Waals surface area contributed by atoms with Crippen molar-refractivity contribution in [3.63, 3.8) is 0 Å². The monoisotopic (exact) mass is 209 g/mol. The van der Waals surface area contributed by atoms with Gasteiger partial charge >= 0.3 is 0 Å². The van der Waals surface area contributed by atoms with Gasteiger partial charge in [0, 0.05) is 7.11 Å². The molecule has 1 unspecified atom stereocenters. The van der Waals surface area contributed by atoms with Gasteiger partial charge in [-0.1, -0.05) is 29.8 Å². The molecule has 0 saturated carbocycles. The minimum atomic E-state index is -0.634. The van der Waals surface area contributed by atoms with E-state index in [4.69, 9.17) is 4.74 Å². The Balaban J connectivity index is 2.82. The van der Waals surface area contributed by atoms with Crippen molar-refractivity contribution in [2.75, 3.05) is 14.2 Å². The zero-order chi connectivity index (χ0) is 11.3. The number of rotatable bonds is 4. The number of methoxy groups -OCH3 is 1. The van der Waals surface area contributed by atoms with Gasteiger partial charge in [-0.3, -0.25) is 9.63 Å². The number of amides is 1. The number of ether oxygens (including phenoxy) is 1. The zero-order valence-corrected chi connectivity index (χ0v) is 9.11. The molecule has 0 bridgehead atoms. The van der Waals surface area contributed by atoms with Crippen molar-refractivity contribution in [1.29, 1.82) is 0 Å². The summed E-state index contributed by atoms with van der Waals surface area (Å²) in [7, 11) is 2.87. The molecule has 0 aliphatic carbocycles. The van der Waals surface area contributed by atoms with Crippen molar-refractivity contribution in [1.82, 2.24) is 5.48 Å². The molecule has 1 aromatic carbocycles. The first-order valence-corrected chi connectivity index (χ1v) is 4.61.